The number of alkyl halides is 1. The van der Waals surface area contributed by atoms with Gasteiger partial charge in [0.2, 0.25) is 0 Å². The summed E-state index contributed by atoms with van der Waals surface area (Å²) in [5.41, 5.74) is 4.09. The zero-order valence-electron chi connectivity index (χ0n) is 11.1. The molecule has 1 aromatic carbocycles. The summed E-state index contributed by atoms with van der Waals surface area (Å²) < 4.78 is 15.5. The van der Waals surface area contributed by atoms with Crippen molar-refractivity contribution in [1.82, 2.24) is 9.38 Å². The molecule has 4 heteroatoms. The molecule has 0 bridgehead atoms. The van der Waals surface area contributed by atoms with Gasteiger partial charge in [-0.05, 0) is 24.1 Å². The second kappa shape index (κ2) is 5.25. The van der Waals surface area contributed by atoms with Gasteiger partial charge in [0.05, 0.1) is 17.3 Å². The van der Waals surface area contributed by atoms with Crippen LogP contribution in [0.5, 0.6) is 0 Å². The first kappa shape index (κ1) is 13.1. The van der Waals surface area contributed by atoms with Crippen LogP contribution in [-0.2, 0) is 12.3 Å². The van der Waals surface area contributed by atoms with Gasteiger partial charge in [0.25, 0.3) is 0 Å². The van der Waals surface area contributed by atoms with E-state index in [2.05, 4.69) is 24.0 Å². The smallest absolute Gasteiger partial charge is 0.174 e. The van der Waals surface area contributed by atoms with Gasteiger partial charge < -0.3 is 0 Å². The standard InChI is InChI=1S/C16H14ClFN2/c1-2-11-5-7-12(8-6-11)15-14(10-17)20-9-3-4-13(18)16(20)19-15/h3-9H,2,10H2,1H3. The lowest BCUT2D eigenvalue weighted by molar-refractivity contribution is 0.629. The van der Waals surface area contributed by atoms with E-state index < -0.39 is 0 Å². The van der Waals surface area contributed by atoms with Crippen molar-refractivity contribution in [3.8, 4) is 11.3 Å². The zero-order chi connectivity index (χ0) is 14.1. The highest BCUT2D eigenvalue weighted by molar-refractivity contribution is 6.17. The number of imidazole rings is 1. The van der Waals surface area contributed by atoms with Crippen molar-refractivity contribution >= 4 is 17.2 Å². The van der Waals surface area contributed by atoms with Crippen LogP contribution in [0, 0.1) is 5.82 Å². The summed E-state index contributed by atoms with van der Waals surface area (Å²) in [5, 5.41) is 0. The number of nitrogens with zero attached hydrogens (tertiary/aromatic N) is 2. The predicted octanol–water partition coefficient (Wildman–Crippen LogP) is 4.44. The second-order valence-corrected chi connectivity index (χ2v) is 4.91. The fraction of sp³-hybridized carbons (Fsp3) is 0.188. The van der Waals surface area contributed by atoms with E-state index in [4.69, 9.17) is 11.6 Å². The summed E-state index contributed by atoms with van der Waals surface area (Å²) in [7, 11) is 0. The van der Waals surface area contributed by atoms with Crippen LogP contribution in [0.15, 0.2) is 42.6 Å². The molecule has 0 unspecified atom stereocenters. The fourth-order valence-electron chi connectivity index (χ4n) is 2.34. The normalized spacial score (nSPS) is 11.2. The molecule has 3 aromatic rings. The molecule has 2 aromatic heterocycles. The van der Waals surface area contributed by atoms with Gasteiger partial charge in [0.15, 0.2) is 11.5 Å². The van der Waals surface area contributed by atoms with Gasteiger partial charge in [-0.3, -0.25) is 4.40 Å². The van der Waals surface area contributed by atoms with Crippen LogP contribution in [0.25, 0.3) is 16.9 Å². The molecule has 0 fully saturated rings. The molecule has 3 rings (SSSR count). The maximum absolute atomic E-state index is 13.8. The number of hydrogen-bond acceptors (Lipinski definition) is 1. The van der Waals surface area contributed by atoms with Gasteiger partial charge in [-0.25, -0.2) is 9.37 Å². The van der Waals surface area contributed by atoms with Crippen molar-refractivity contribution in [3.63, 3.8) is 0 Å². The van der Waals surface area contributed by atoms with Crippen LogP contribution in [0.4, 0.5) is 4.39 Å². The van der Waals surface area contributed by atoms with Crippen LogP contribution in [0.2, 0.25) is 0 Å². The molecule has 0 aliphatic heterocycles. The Morgan fingerprint density at radius 1 is 1.20 bits per heavy atom. The molecule has 0 saturated carbocycles. The minimum Gasteiger partial charge on any atom is -0.300 e. The molecular weight excluding hydrogens is 275 g/mol. The summed E-state index contributed by atoms with van der Waals surface area (Å²) in [6.07, 6.45) is 2.77. The van der Waals surface area contributed by atoms with Crippen molar-refractivity contribution in [2.45, 2.75) is 19.2 Å². The highest BCUT2D eigenvalue weighted by atomic mass is 35.5. The first-order valence-electron chi connectivity index (χ1n) is 6.55. The molecule has 0 aliphatic carbocycles. The lowest BCUT2D eigenvalue weighted by Gasteiger charge is -2.03. The maximum Gasteiger partial charge on any atom is 0.174 e. The highest BCUT2D eigenvalue weighted by Gasteiger charge is 2.15. The van der Waals surface area contributed by atoms with Crippen molar-refractivity contribution in [2.24, 2.45) is 0 Å². The van der Waals surface area contributed by atoms with Crippen LogP contribution >= 0.6 is 11.6 Å². The van der Waals surface area contributed by atoms with Crippen LogP contribution in [0.1, 0.15) is 18.2 Å². The number of rotatable bonds is 3. The second-order valence-electron chi connectivity index (χ2n) is 4.64. The van der Waals surface area contributed by atoms with Crippen molar-refractivity contribution < 1.29 is 4.39 Å². The third-order valence-corrected chi connectivity index (χ3v) is 3.72. The molecule has 20 heavy (non-hydrogen) atoms. The minimum absolute atomic E-state index is 0.287. The van der Waals surface area contributed by atoms with E-state index in [1.807, 2.05) is 12.1 Å². The molecule has 102 valence electrons. The Labute approximate surface area is 121 Å². The summed E-state index contributed by atoms with van der Waals surface area (Å²) in [6.45, 7) is 2.11. The van der Waals surface area contributed by atoms with Crippen molar-refractivity contribution in [3.05, 3.63) is 59.7 Å². The first-order valence-corrected chi connectivity index (χ1v) is 7.08. The largest absolute Gasteiger partial charge is 0.300 e. The molecule has 2 nitrogen and oxygen atoms in total. The Morgan fingerprint density at radius 3 is 2.60 bits per heavy atom. The molecule has 0 atom stereocenters. The van der Waals surface area contributed by atoms with E-state index >= 15 is 0 Å². The van der Waals surface area contributed by atoms with E-state index in [0.29, 0.717) is 5.65 Å². The van der Waals surface area contributed by atoms with E-state index in [1.165, 1.54) is 11.6 Å². The molecular formula is C16H14ClFN2. The Hall–Kier alpha value is -1.87. The van der Waals surface area contributed by atoms with Gasteiger partial charge in [-0.1, -0.05) is 31.2 Å². The number of pyridine rings is 1. The third kappa shape index (κ3) is 2.08. The molecule has 0 saturated heterocycles. The third-order valence-electron chi connectivity index (χ3n) is 3.46. The molecule has 0 aliphatic rings. The van der Waals surface area contributed by atoms with E-state index in [-0.39, 0.29) is 11.7 Å². The van der Waals surface area contributed by atoms with E-state index in [9.17, 15) is 4.39 Å². The monoisotopic (exact) mass is 288 g/mol. The summed E-state index contributed by atoms with van der Waals surface area (Å²) >= 11 is 6.03. The maximum atomic E-state index is 13.8. The van der Waals surface area contributed by atoms with Gasteiger partial charge in [-0.2, -0.15) is 0 Å². The number of aromatic nitrogens is 2. The van der Waals surface area contributed by atoms with Gasteiger partial charge >= 0.3 is 0 Å². The SMILES string of the molecule is CCc1ccc(-c2nc3c(F)cccn3c2CCl)cc1. The fourth-order valence-corrected chi connectivity index (χ4v) is 2.60. The summed E-state index contributed by atoms with van der Waals surface area (Å²) in [5.74, 6) is -0.0505. The van der Waals surface area contributed by atoms with Gasteiger partial charge in [0.1, 0.15) is 0 Å². The number of hydrogen-bond donors (Lipinski definition) is 0. The zero-order valence-corrected chi connectivity index (χ0v) is 11.9. The van der Waals surface area contributed by atoms with Crippen LogP contribution in [0.3, 0.4) is 0 Å². The Morgan fingerprint density at radius 2 is 1.95 bits per heavy atom. The molecule has 2 heterocycles. The number of halogens is 2. The molecule has 0 radical (unpaired) electrons. The van der Waals surface area contributed by atoms with E-state index in [0.717, 1.165) is 23.4 Å². The average Bonchev–Trinajstić information content (AvgIpc) is 2.87. The number of benzene rings is 1. The van der Waals surface area contributed by atoms with Gasteiger partial charge in [0, 0.05) is 11.8 Å². The van der Waals surface area contributed by atoms with Gasteiger partial charge in [-0.15, -0.1) is 11.6 Å². The Balaban J connectivity index is 2.21. The number of aryl methyl sites for hydroxylation is 1. The topological polar surface area (TPSA) is 17.3 Å². The molecule has 0 amide bonds. The molecule has 0 N–H and O–H groups in total. The highest BCUT2D eigenvalue weighted by Crippen LogP contribution is 2.27. The Kier molecular flexibility index (Phi) is 3.45. The van der Waals surface area contributed by atoms with Crippen molar-refractivity contribution in [1.29, 1.82) is 0 Å². The Bertz CT molecular complexity index is 747. The predicted molar refractivity (Wildman–Crippen MR) is 79.5 cm³/mol. The van der Waals surface area contributed by atoms with Crippen LogP contribution < -0.4 is 0 Å². The first-order chi connectivity index (χ1) is 9.74. The van der Waals surface area contributed by atoms with Crippen molar-refractivity contribution in [2.75, 3.05) is 0 Å². The summed E-state index contributed by atoms with van der Waals surface area (Å²) in [4.78, 5) is 4.41. The summed E-state index contributed by atoms with van der Waals surface area (Å²) in [6, 6.07) is 11.2. The molecule has 0 spiro atoms. The quantitative estimate of drug-likeness (QED) is 0.651. The lowest BCUT2D eigenvalue weighted by atomic mass is 10.1. The van der Waals surface area contributed by atoms with E-state index in [1.54, 1.807) is 16.7 Å². The van der Waals surface area contributed by atoms with Crippen LogP contribution in [-0.4, -0.2) is 9.38 Å². The number of fused-ring (bicyclic) bond motifs is 1. The minimum atomic E-state index is -0.338. The average molecular weight is 289 g/mol. The lowest BCUT2D eigenvalue weighted by Crippen LogP contribution is -1.92.